The van der Waals surface area contributed by atoms with Crippen LogP contribution in [0.3, 0.4) is 0 Å². The van der Waals surface area contributed by atoms with Gasteiger partial charge in [0.25, 0.3) is 0 Å². The summed E-state index contributed by atoms with van der Waals surface area (Å²) in [5.74, 6) is -0.860. The van der Waals surface area contributed by atoms with Gasteiger partial charge in [0.15, 0.2) is 0 Å². The second kappa shape index (κ2) is 7.89. The first-order chi connectivity index (χ1) is 11.7. The van der Waals surface area contributed by atoms with Gasteiger partial charge in [-0.3, -0.25) is 9.59 Å². The zero-order valence-corrected chi connectivity index (χ0v) is 15.8. The van der Waals surface area contributed by atoms with Crippen LogP contribution in [0.25, 0.3) is 0 Å². The van der Waals surface area contributed by atoms with Crippen LogP contribution in [0.5, 0.6) is 0 Å². The first-order valence-electron chi connectivity index (χ1n) is 7.81. The molecule has 0 saturated carbocycles. The summed E-state index contributed by atoms with van der Waals surface area (Å²) in [6, 6.07) is 12.7. The van der Waals surface area contributed by atoms with Crippen LogP contribution in [0.2, 0.25) is 10.0 Å². The van der Waals surface area contributed by atoms with Gasteiger partial charge in [-0.1, -0.05) is 53.5 Å². The summed E-state index contributed by atoms with van der Waals surface area (Å²) in [5.41, 5.74) is 1.09. The number of rotatable bonds is 5. The summed E-state index contributed by atoms with van der Waals surface area (Å²) in [6.45, 7) is 5.44. The van der Waals surface area contributed by atoms with Gasteiger partial charge in [-0.15, -0.1) is 0 Å². The predicted octanol–water partition coefficient (Wildman–Crippen LogP) is 4.58. The van der Waals surface area contributed by atoms with Gasteiger partial charge in [0.1, 0.15) is 5.41 Å². The Morgan fingerprint density at radius 2 is 1.56 bits per heavy atom. The fourth-order valence-corrected chi connectivity index (χ4v) is 2.69. The van der Waals surface area contributed by atoms with Gasteiger partial charge in [-0.25, -0.2) is 0 Å². The highest BCUT2D eigenvalue weighted by Crippen LogP contribution is 2.31. The fourth-order valence-electron chi connectivity index (χ4n) is 2.20. The van der Waals surface area contributed by atoms with Crippen molar-refractivity contribution in [1.82, 2.24) is 5.32 Å². The molecule has 0 fully saturated rings. The largest absolute Gasteiger partial charge is 0.351 e. The lowest BCUT2D eigenvalue weighted by Crippen LogP contribution is -2.45. The molecule has 0 unspecified atom stereocenters. The Bertz CT molecular complexity index is 784. The molecule has 2 aromatic rings. The van der Waals surface area contributed by atoms with E-state index in [2.05, 4.69) is 10.6 Å². The second-order valence-electron chi connectivity index (χ2n) is 6.28. The molecule has 6 heteroatoms. The number of aryl methyl sites for hydroxylation is 1. The molecule has 0 heterocycles. The van der Waals surface area contributed by atoms with Gasteiger partial charge in [-0.05, 0) is 44.0 Å². The number of benzene rings is 2. The molecule has 0 bridgehead atoms. The minimum Gasteiger partial charge on any atom is -0.351 e. The number of halogens is 2. The minimum absolute atomic E-state index is 0.301. The molecule has 0 radical (unpaired) electrons. The Morgan fingerprint density at radius 3 is 2.16 bits per heavy atom. The Labute approximate surface area is 157 Å². The SMILES string of the molecule is Cc1ccccc1CNC(=O)C(C)(C)C(=O)Nc1c(Cl)cccc1Cl. The van der Waals surface area contributed by atoms with E-state index < -0.39 is 11.3 Å². The van der Waals surface area contributed by atoms with Crippen LogP contribution in [-0.4, -0.2) is 11.8 Å². The molecule has 0 aliphatic heterocycles. The van der Waals surface area contributed by atoms with Crippen molar-refractivity contribution in [3.05, 3.63) is 63.6 Å². The van der Waals surface area contributed by atoms with Crippen LogP contribution in [-0.2, 0) is 16.1 Å². The Morgan fingerprint density at radius 1 is 0.960 bits per heavy atom. The zero-order chi connectivity index (χ0) is 18.6. The quantitative estimate of drug-likeness (QED) is 0.747. The van der Waals surface area contributed by atoms with Gasteiger partial charge in [-0.2, -0.15) is 0 Å². The standard InChI is InChI=1S/C19H20Cl2N2O2/c1-12-7-4-5-8-13(12)11-22-17(24)19(2,3)18(25)23-16-14(20)9-6-10-15(16)21/h4-10H,11H2,1-3H3,(H,22,24)(H,23,25). The van der Waals surface area contributed by atoms with Crippen LogP contribution in [0, 0.1) is 12.3 Å². The normalized spacial score (nSPS) is 11.1. The third kappa shape index (κ3) is 4.53. The summed E-state index contributed by atoms with van der Waals surface area (Å²) < 4.78 is 0. The average Bonchev–Trinajstić information content (AvgIpc) is 2.57. The Hall–Kier alpha value is -2.04. The van der Waals surface area contributed by atoms with Gasteiger partial charge in [0.05, 0.1) is 15.7 Å². The molecule has 2 N–H and O–H groups in total. The number of carbonyl (C=O) groups is 2. The highest BCUT2D eigenvalue weighted by Gasteiger charge is 2.36. The van der Waals surface area contributed by atoms with Gasteiger partial charge < -0.3 is 10.6 Å². The number of hydrogen-bond donors (Lipinski definition) is 2. The number of para-hydroxylation sites is 1. The predicted molar refractivity (Wildman–Crippen MR) is 102 cm³/mol. The van der Waals surface area contributed by atoms with E-state index in [1.807, 2.05) is 31.2 Å². The summed E-state index contributed by atoms with van der Waals surface area (Å²) in [4.78, 5) is 25.1. The molecule has 2 amide bonds. The van der Waals surface area contributed by atoms with Gasteiger partial charge in [0.2, 0.25) is 11.8 Å². The zero-order valence-electron chi connectivity index (χ0n) is 14.3. The molecule has 132 valence electrons. The number of hydrogen-bond acceptors (Lipinski definition) is 2. The summed E-state index contributed by atoms with van der Waals surface area (Å²) in [5, 5.41) is 6.09. The highest BCUT2D eigenvalue weighted by atomic mass is 35.5. The molecule has 0 spiro atoms. The monoisotopic (exact) mass is 378 g/mol. The second-order valence-corrected chi connectivity index (χ2v) is 7.10. The molecular weight excluding hydrogens is 359 g/mol. The Kier molecular flexibility index (Phi) is 6.09. The number of amides is 2. The van der Waals surface area contributed by atoms with Crippen molar-refractivity contribution in [2.45, 2.75) is 27.3 Å². The fraction of sp³-hybridized carbons (Fsp3) is 0.263. The van der Waals surface area contributed by atoms with Crippen molar-refractivity contribution in [2.24, 2.45) is 5.41 Å². The van der Waals surface area contributed by atoms with E-state index in [-0.39, 0.29) is 5.91 Å². The van der Waals surface area contributed by atoms with Crippen molar-refractivity contribution < 1.29 is 9.59 Å². The lowest BCUT2D eigenvalue weighted by atomic mass is 9.90. The lowest BCUT2D eigenvalue weighted by Gasteiger charge is -2.23. The molecular formula is C19H20Cl2N2O2. The number of carbonyl (C=O) groups excluding carboxylic acids is 2. The molecule has 4 nitrogen and oxygen atoms in total. The van der Waals surface area contributed by atoms with E-state index in [0.717, 1.165) is 11.1 Å². The molecule has 25 heavy (non-hydrogen) atoms. The third-order valence-corrected chi connectivity index (χ3v) is 4.67. The average molecular weight is 379 g/mol. The van der Waals surface area contributed by atoms with Gasteiger partial charge in [0, 0.05) is 6.54 Å². The van der Waals surface area contributed by atoms with E-state index in [0.29, 0.717) is 22.3 Å². The van der Waals surface area contributed by atoms with Crippen LogP contribution >= 0.6 is 23.2 Å². The summed E-state index contributed by atoms with van der Waals surface area (Å²) >= 11 is 12.1. The molecule has 0 saturated heterocycles. The molecule has 0 aliphatic rings. The van der Waals surface area contributed by atoms with E-state index >= 15 is 0 Å². The third-order valence-electron chi connectivity index (χ3n) is 4.04. The van der Waals surface area contributed by atoms with E-state index in [4.69, 9.17) is 23.2 Å². The lowest BCUT2D eigenvalue weighted by molar-refractivity contribution is -0.138. The Balaban J connectivity index is 2.07. The first kappa shape index (κ1) is 19.3. The molecule has 0 aromatic heterocycles. The molecule has 0 aliphatic carbocycles. The maximum Gasteiger partial charge on any atom is 0.239 e. The van der Waals surface area contributed by atoms with Crippen LogP contribution in [0.15, 0.2) is 42.5 Å². The van der Waals surface area contributed by atoms with E-state index in [1.54, 1.807) is 32.0 Å². The highest BCUT2D eigenvalue weighted by molar-refractivity contribution is 6.40. The van der Waals surface area contributed by atoms with Crippen LogP contribution in [0.4, 0.5) is 5.69 Å². The molecule has 2 rings (SSSR count). The van der Waals surface area contributed by atoms with Crippen molar-refractivity contribution in [3.63, 3.8) is 0 Å². The van der Waals surface area contributed by atoms with Gasteiger partial charge >= 0.3 is 0 Å². The van der Waals surface area contributed by atoms with E-state index in [9.17, 15) is 9.59 Å². The van der Waals surface area contributed by atoms with Crippen molar-refractivity contribution in [2.75, 3.05) is 5.32 Å². The minimum atomic E-state index is -1.29. The smallest absolute Gasteiger partial charge is 0.239 e. The number of nitrogens with one attached hydrogen (secondary N) is 2. The number of anilines is 1. The summed E-state index contributed by atoms with van der Waals surface area (Å²) in [6.07, 6.45) is 0. The van der Waals surface area contributed by atoms with Crippen LogP contribution < -0.4 is 10.6 Å². The molecule has 2 aromatic carbocycles. The van der Waals surface area contributed by atoms with Crippen molar-refractivity contribution in [3.8, 4) is 0 Å². The maximum atomic E-state index is 12.6. The van der Waals surface area contributed by atoms with E-state index in [1.165, 1.54) is 0 Å². The molecule has 0 atom stereocenters. The van der Waals surface area contributed by atoms with Crippen molar-refractivity contribution >= 4 is 40.7 Å². The van der Waals surface area contributed by atoms with Crippen LogP contribution in [0.1, 0.15) is 25.0 Å². The topological polar surface area (TPSA) is 58.2 Å². The summed E-state index contributed by atoms with van der Waals surface area (Å²) in [7, 11) is 0. The maximum absolute atomic E-state index is 12.6. The van der Waals surface area contributed by atoms with Crippen molar-refractivity contribution in [1.29, 1.82) is 0 Å². The first-order valence-corrected chi connectivity index (χ1v) is 8.57.